The molecule has 1 amide bonds. The number of nitrogens with zero attached hydrogens (tertiary/aromatic N) is 3. The maximum absolute atomic E-state index is 12.1. The van der Waals surface area contributed by atoms with E-state index >= 15 is 0 Å². The smallest absolute Gasteiger partial charge is 0.341 e. The summed E-state index contributed by atoms with van der Waals surface area (Å²) in [4.78, 5) is 27.8. The van der Waals surface area contributed by atoms with E-state index in [9.17, 15) is 14.7 Å². The van der Waals surface area contributed by atoms with E-state index in [4.69, 9.17) is 9.05 Å². The third kappa shape index (κ3) is 3.72. The Bertz CT molecular complexity index is 922. The molecule has 3 heterocycles. The lowest BCUT2D eigenvalue weighted by molar-refractivity contribution is 0.0692. The highest BCUT2D eigenvalue weighted by Gasteiger charge is 2.28. The van der Waals surface area contributed by atoms with Crippen molar-refractivity contribution in [3.8, 4) is 11.3 Å². The second-order valence-corrected chi connectivity index (χ2v) is 5.34. The number of carbonyl (C=O) groups is 2. The average molecular weight is 379 g/mol. The summed E-state index contributed by atoms with van der Waals surface area (Å²) in [5.74, 6) is -1.21. The van der Waals surface area contributed by atoms with Crippen molar-refractivity contribution in [3.05, 3.63) is 53.4 Å². The highest BCUT2D eigenvalue weighted by molar-refractivity contribution is 5.96. The molecule has 0 unspecified atom stereocenters. The van der Waals surface area contributed by atoms with E-state index in [-0.39, 0.29) is 35.1 Å². The zero-order chi connectivity index (χ0) is 18.0. The summed E-state index contributed by atoms with van der Waals surface area (Å²) in [7, 11) is 0. The van der Waals surface area contributed by atoms with Crippen LogP contribution in [0.4, 0.5) is 0 Å². The highest BCUT2D eigenvalue weighted by Crippen LogP contribution is 2.28. The van der Waals surface area contributed by atoms with E-state index < -0.39 is 17.9 Å². The first-order valence-electron chi connectivity index (χ1n) is 7.34. The lowest BCUT2D eigenvalue weighted by Gasteiger charge is -2.10. The normalized spacial score (nSPS) is 11.5. The van der Waals surface area contributed by atoms with Crippen molar-refractivity contribution in [2.24, 2.45) is 0 Å². The van der Waals surface area contributed by atoms with Crippen LogP contribution < -0.4 is 5.32 Å². The third-order valence-corrected chi connectivity index (χ3v) is 3.47. The molecule has 136 valence electrons. The zero-order valence-corrected chi connectivity index (χ0v) is 14.6. The van der Waals surface area contributed by atoms with Gasteiger partial charge in [0, 0.05) is 24.0 Å². The summed E-state index contributed by atoms with van der Waals surface area (Å²) in [5, 5.41) is 19.6. The number of nitrogens with one attached hydrogen (secondary N) is 1. The lowest BCUT2D eigenvalue weighted by Crippen LogP contribution is -2.27. The SMILES string of the molecule is Cc1cc(C(=O)N[C@H](C)c2onc(-c3cccnc3)c2C(=O)O)no1.Cl. The van der Waals surface area contributed by atoms with Crippen molar-refractivity contribution in [2.75, 3.05) is 0 Å². The van der Waals surface area contributed by atoms with Crippen LogP contribution in [0, 0.1) is 6.92 Å². The van der Waals surface area contributed by atoms with Crippen molar-refractivity contribution < 1.29 is 23.7 Å². The Hall–Kier alpha value is -3.20. The van der Waals surface area contributed by atoms with Crippen LogP contribution >= 0.6 is 12.4 Å². The Labute approximate surface area is 153 Å². The maximum atomic E-state index is 12.1. The number of pyridine rings is 1. The molecule has 3 rings (SSSR count). The van der Waals surface area contributed by atoms with Crippen LogP contribution in [0.15, 0.2) is 39.6 Å². The molecule has 1 atom stereocenters. The number of aryl methyl sites for hydroxylation is 1. The Morgan fingerprint density at radius 1 is 1.27 bits per heavy atom. The van der Waals surface area contributed by atoms with E-state index in [2.05, 4.69) is 20.6 Å². The number of carboxylic acid groups (broad SMARTS) is 1. The fourth-order valence-electron chi connectivity index (χ4n) is 2.31. The van der Waals surface area contributed by atoms with Crippen LogP contribution in [-0.4, -0.2) is 32.3 Å². The van der Waals surface area contributed by atoms with E-state index in [1.165, 1.54) is 12.3 Å². The summed E-state index contributed by atoms with van der Waals surface area (Å²) in [6.07, 6.45) is 3.04. The van der Waals surface area contributed by atoms with Crippen LogP contribution in [0.3, 0.4) is 0 Å². The summed E-state index contributed by atoms with van der Waals surface area (Å²) < 4.78 is 10.0. The van der Waals surface area contributed by atoms with E-state index in [1.807, 2.05) is 0 Å². The molecule has 3 aromatic heterocycles. The van der Waals surface area contributed by atoms with Crippen molar-refractivity contribution >= 4 is 24.3 Å². The van der Waals surface area contributed by atoms with Crippen LogP contribution in [0.25, 0.3) is 11.3 Å². The first kappa shape index (κ1) is 19.1. The van der Waals surface area contributed by atoms with Crippen LogP contribution in [0.5, 0.6) is 0 Å². The molecule has 0 radical (unpaired) electrons. The molecular weight excluding hydrogens is 364 g/mol. The second-order valence-electron chi connectivity index (χ2n) is 5.34. The fourth-order valence-corrected chi connectivity index (χ4v) is 2.31. The van der Waals surface area contributed by atoms with Gasteiger partial charge in [-0.25, -0.2) is 4.79 Å². The van der Waals surface area contributed by atoms with Gasteiger partial charge in [0.05, 0.1) is 6.04 Å². The van der Waals surface area contributed by atoms with Gasteiger partial charge in [-0.3, -0.25) is 9.78 Å². The number of aromatic carboxylic acids is 1. The fraction of sp³-hybridized carbons (Fsp3) is 0.188. The van der Waals surface area contributed by atoms with Gasteiger partial charge in [-0.2, -0.15) is 0 Å². The number of hydrogen-bond acceptors (Lipinski definition) is 7. The van der Waals surface area contributed by atoms with Gasteiger partial charge in [-0.15, -0.1) is 12.4 Å². The molecule has 0 saturated heterocycles. The molecule has 0 aromatic carbocycles. The first-order chi connectivity index (χ1) is 12.0. The molecule has 2 N–H and O–H groups in total. The predicted octanol–water partition coefficient (Wildman–Crippen LogP) is 2.64. The predicted molar refractivity (Wildman–Crippen MR) is 91.1 cm³/mol. The van der Waals surface area contributed by atoms with Gasteiger partial charge >= 0.3 is 5.97 Å². The van der Waals surface area contributed by atoms with Gasteiger partial charge in [-0.05, 0) is 26.0 Å². The molecular formula is C16H15ClN4O5. The summed E-state index contributed by atoms with van der Waals surface area (Å²) in [5.41, 5.74) is 0.611. The van der Waals surface area contributed by atoms with Crippen LogP contribution in [0.1, 0.15) is 45.3 Å². The van der Waals surface area contributed by atoms with Gasteiger partial charge < -0.3 is 19.5 Å². The number of aromatic nitrogens is 3. The van der Waals surface area contributed by atoms with Crippen LogP contribution in [0.2, 0.25) is 0 Å². The molecule has 0 bridgehead atoms. The van der Waals surface area contributed by atoms with E-state index in [0.29, 0.717) is 11.3 Å². The van der Waals surface area contributed by atoms with Crippen molar-refractivity contribution in [1.29, 1.82) is 0 Å². The monoisotopic (exact) mass is 378 g/mol. The van der Waals surface area contributed by atoms with Crippen LogP contribution in [-0.2, 0) is 0 Å². The average Bonchev–Trinajstić information content (AvgIpc) is 3.22. The van der Waals surface area contributed by atoms with Gasteiger partial charge in [0.25, 0.3) is 5.91 Å². The topological polar surface area (TPSA) is 131 Å². The minimum Gasteiger partial charge on any atom is -0.477 e. The molecule has 0 spiro atoms. The standard InChI is InChI=1S/C16H14N4O5.ClH/c1-8-6-11(19-24-8)15(21)18-9(2)14-12(16(22)23)13(20-25-14)10-4-3-5-17-7-10;/h3-7,9H,1-2H3,(H,18,21)(H,22,23);1H/t9-;/m1./s1. The van der Waals surface area contributed by atoms with Gasteiger partial charge in [0.15, 0.2) is 11.5 Å². The maximum Gasteiger partial charge on any atom is 0.341 e. The highest BCUT2D eigenvalue weighted by atomic mass is 35.5. The van der Waals surface area contributed by atoms with E-state index in [1.54, 1.807) is 32.2 Å². The molecule has 0 fully saturated rings. The van der Waals surface area contributed by atoms with Gasteiger partial charge in [-0.1, -0.05) is 10.3 Å². The molecule has 9 nitrogen and oxygen atoms in total. The van der Waals surface area contributed by atoms with Crippen molar-refractivity contribution in [2.45, 2.75) is 19.9 Å². The Balaban J connectivity index is 0.00000243. The molecule has 0 saturated carbocycles. The van der Waals surface area contributed by atoms with Gasteiger partial charge in [0.2, 0.25) is 0 Å². The van der Waals surface area contributed by atoms with Gasteiger partial charge in [0.1, 0.15) is 17.0 Å². The molecule has 0 aliphatic carbocycles. The van der Waals surface area contributed by atoms with Crippen molar-refractivity contribution in [1.82, 2.24) is 20.6 Å². The number of halogens is 1. The lowest BCUT2D eigenvalue weighted by atomic mass is 10.0. The van der Waals surface area contributed by atoms with Crippen molar-refractivity contribution in [3.63, 3.8) is 0 Å². The quantitative estimate of drug-likeness (QED) is 0.692. The molecule has 3 aromatic rings. The second kappa shape index (κ2) is 7.79. The Kier molecular flexibility index (Phi) is 5.73. The number of hydrogen-bond donors (Lipinski definition) is 2. The zero-order valence-electron chi connectivity index (χ0n) is 13.8. The number of carbonyl (C=O) groups excluding carboxylic acids is 1. The number of carboxylic acids is 1. The summed E-state index contributed by atoms with van der Waals surface area (Å²) in [6, 6.07) is 4.06. The molecule has 0 aliphatic heterocycles. The summed E-state index contributed by atoms with van der Waals surface area (Å²) in [6.45, 7) is 3.25. The first-order valence-corrected chi connectivity index (χ1v) is 7.34. The molecule has 26 heavy (non-hydrogen) atoms. The number of rotatable bonds is 5. The van der Waals surface area contributed by atoms with E-state index in [0.717, 1.165) is 0 Å². The number of amides is 1. The molecule has 10 heteroatoms. The molecule has 0 aliphatic rings. The Morgan fingerprint density at radius 2 is 2.04 bits per heavy atom. The minimum absolute atomic E-state index is 0. The minimum atomic E-state index is -1.21. The largest absolute Gasteiger partial charge is 0.477 e. The Morgan fingerprint density at radius 3 is 2.62 bits per heavy atom. The summed E-state index contributed by atoms with van der Waals surface area (Å²) >= 11 is 0. The third-order valence-electron chi connectivity index (χ3n) is 3.47.